The van der Waals surface area contributed by atoms with Crippen LogP contribution in [0.1, 0.15) is 45.7 Å². The Morgan fingerprint density at radius 1 is 1.38 bits per heavy atom. The van der Waals surface area contributed by atoms with Gasteiger partial charge in [0.05, 0.1) is 18.1 Å². The molecule has 6 heteroatoms. The molecule has 0 aromatic carbocycles. The molecule has 0 fully saturated rings. The molecule has 1 aliphatic rings. The second kappa shape index (κ2) is 6.56. The molecule has 1 atom stereocenters. The van der Waals surface area contributed by atoms with Crippen molar-refractivity contribution in [1.29, 1.82) is 0 Å². The summed E-state index contributed by atoms with van der Waals surface area (Å²) in [6.45, 7) is 5.58. The van der Waals surface area contributed by atoms with E-state index in [0.717, 1.165) is 29.6 Å². The third-order valence-corrected chi connectivity index (χ3v) is 3.49. The van der Waals surface area contributed by atoms with Crippen LogP contribution < -0.4 is 5.32 Å². The fourth-order valence-electron chi connectivity index (χ4n) is 2.15. The van der Waals surface area contributed by atoms with Crippen molar-refractivity contribution in [3.63, 3.8) is 0 Å². The molecule has 1 aliphatic carbocycles. The first-order valence-electron chi connectivity index (χ1n) is 7.00. The highest BCUT2D eigenvalue weighted by Gasteiger charge is 2.21. The van der Waals surface area contributed by atoms with E-state index in [-0.39, 0.29) is 12.1 Å². The fraction of sp³-hybridized carbons (Fsp3) is 0.533. The highest BCUT2D eigenvalue weighted by molar-refractivity contribution is 9.10. The number of carbonyl (C=O) groups excluding carboxylic acids is 1. The lowest BCUT2D eigenvalue weighted by Crippen LogP contribution is -2.39. The van der Waals surface area contributed by atoms with Crippen LogP contribution in [-0.4, -0.2) is 27.7 Å². The Kier molecular flexibility index (Phi) is 4.98. The number of rotatable bonds is 2. The van der Waals surface area contributed by atoms with E-state index in [1.165, 1.54) is 5.57 Å². The quantitative estimate of drug-likeness (QED) is 0.880. The lowest BCUT2D eigenvalue weighted by Gasteiger charge is -2.25. The van der Waals surface area contributed by atoms with Gasteiger partial charge in [-0.15, -0.1) is 0 Å². The Morgan fingerprint density at radius 3 is 2.67 bits per heavy atom. The van der Waals surface area contributed by atoms with Crippen molar-refractivity contribution in [3.05, 3.63) is 28.8 Å². The summed E-state index contributed by atoms with van der Waals surface area (Å²) in [6, 6.07) is 0.118. The first kappa shape index (κ1) is 15.9. The van der Waals surface area contributed by atoms with Crippen LogP contribution >= 0.6 is 15.9 Å². The predicted octanol–water partition coefficient (Wildman–Crippen LogP) is 3.70. The van der Waals surface area contributed by atoms with Gasteiger partial charge in [-0.1, -0.05) is 6.08 Å². The number of ether oxygens (including phenoxy) is 1. The van der Waals surface area contributed by atoms with Crippen LogP contribution in [0.5, 0.6) is 0 Å². The molecule has 0 bridgehead atoms. The zero-order chi connectivity index (χ0) is 15.5. The monoisotopic (exact) mass is 353 g/mol. The molecule has 1 amide bonds. The molecule has 0 saturated carbocycles. The smallest absolute Gasteiger partial charge is 0.407 e. The Hall–Kier alpha value is -1.43. The van der Waals surface area contributed by atoms with E-state index in [0.29, 0.717) is 0 Å². The highest BCUT2D eigenvalue weighted by atomic mass is 79.9. The summed E-state index contributed by atoms with van der Waals surface area (Å²) in [7, 11) is 0. The maximum absolute atomic E-state index is 11.7. The van der Waals surface area contributed by atoms with E-state index in [1.54, 1.807) is 12.4 Å². The SMILES string of the molecule is CC(C)(C)OC(=O)NC1CC=C(c2cnc(Br)cn2)CC1. The van der Waals surface area contributed by atoms with E-state index in [2.05, 4.69) is 37.3 Å². The topological polar surface area (TPSA) is 64.1 Å². The Bertz CT molecular complexity index is 535. The van der Waals surface area contributed by atoms with Gasteiger partial charge >= 0.3 is 6.09 Å². The van der Waals surface area contributed by atoms with Gasteiger partial charge in [-0.3, -0.25) is 4.98 Å². The molecule has 1 heterocycles. The summed E-state index contributed by atoms with van der Waals surface area (Å²) in [5.41, 5.74) is 1.61. The lowest BCUT2D eigenvalue weighted by molar-refractivity contribution is 0.0502. The van der Waals surface area contributed by atoms with Crippen LogP contribution in [-0.2, 0) is 4.74 Å². The highest BCUT2D eigenvalue weighted by Crippen LogP contribution is 2.25. The van der Waals surface area contributed by atoms with Crippen molar-refractivity contribution in [2.24, 2.45) is 0 Å². The molecule has 5 nitrogen and oxygen atoms in total. The number of hydrogen-bond acceptors (Lipinski definition) is 4. The van der Waals surface area contributed by atoms with Crippen molar-refractivity contribution in [2.45, 2.75) is 51.7 Å². The molecule has 1 aromatic heterocycles. The summed E-state index contributed by atoms with van der Waals surface area (Å²) in [5.74, 6) is 0. The van der Waals surface area contributed by atoms with Crippen LogP contribution in [0.25, 0.3) is 5.57 Å². The molecule has 1 aromatic rings. The number of alkyl carbamates (subject to hydrolysis) is 1. The Labute approximate surface area is 133 Å². The minimum Gasteiger partial charge on any atom is -0.444 e. The lowest BCUT2D eigenvalue weighted by atomic mass is 9.93. The molecule has 1 N–H and O–H groups in total. The second-order valence-corrected chi connectivity index (χ2v) is 6.88. The number of nitrogens with zero attached hydrogens (tertiary/aromatic N) is 2. The summed E-state index contributed by atoms with van der Waals surface area (Å²) >= 11 is 3.28. The minimum atomic E-state index is -0.466. The third-order valence-electron chi connectivity index (χ3n) is 3.08. The molecule has 0 spiro atoms. The zero-order valence-electron chi connectivity index (χ0n) is 12.5. The number of allylic oxidation sites excluding steroid dienone is 1. The van der Waals surface area contributed by atoms with Gasteiger partial charge in [-0.05, 0) is 61.5 Å². The van der Waals surface area contributed by atoms with Gasteiger partial charge in [0.2, 0.25) is 0 Å². The normalized spacial score (nSPS) is 18.9. The van der Waals surface area contributed by atoms with Gasteiger partial charge in [0.15, 0.2) is 0 Å². The summed E-state index contributed by atoms with van der Waals surface area (Å²) in [5, 5.41) is 2.91. The molecule has 114 valence electrons. The van der Waals surface area contributed by atoms with Gasteiger partial charge in [0.1, 0.15) is 10.2 Å². The Balaban J connectivity index is 1.90. The van der Waals surface area contributed by atoms with Gasteiger partial charge in [0, 0.05) is 6.04 Å². The molecule has 2 rings (SSSR count). The third kappa shape index (κ3) is 5.12. The molecular formula is C15H20BrN3O2. The minimum absolute atomic E-state index is 0.118. The average molecular weight is 354 g/mol. The van der Waals surface area contributed by atoms with Crippen LogP contribution in [0, 0.1) is 0 Å². The van der Waals surface area contributed by atoms with Crippen molar-refractivity contribution in [1.82, 2.24) is 15.3 Å². The maximum Gasteiger partial charge on any atom is 0.407 e. The molecule has 0 saturated heterocycles. The average Bonchev–Trinajstić information content (AvgIpc) is 2.38. The predicted molar refractivity (Wildman–Crippen MR) is 84.7 cm³/mol. The molecule has 0 radical (unpaired) electrons. The largest absolute Gasteiger partial charge is 0.444 e. The van der Waals surface area contributed by atoms with Crippen LogP contribution in [0.3, 0.4) is 0 Å². The van der Waals surface area contributed by atoms with Gasteiger partial charge in [0.25, 0.3) is 0 Å². The molecule has 1 unspecified atom stereocenters. The van der Waals surface area contributed by atoms with E-state index < -0.39 is 5.60 Å². The maximum atomic E-state index is 11.7. The first-order valence-corrected chi connectivity index (χ1v) is 7.79. The van der Waals surface area contributed by atoms with Gasteiger partial charge < -0.3 is 10.1 Å². The first-order chi connectivity index (χ1) is 9.83. The van der Waals surface area contributed by atoms with E-state index in [1.807, 2.05) is 20.8 Å². The van der Waals surface area contributed by atoms with Crippen LogP contribution in [0.2, 0.25) is 0 Å². The summed E-state index contributed by atoms with van der Waals surface area (Å²) in [6.07, 6.45) is 7.75. The standard InChI is InChI=1S/C15H20BrN3O2/c1-15(2,3)21-14(20)19-11-6-4-10(5-7-11)12-8-18-13(16)9-17-12/h4,8-9,11H,5-7H2,1-3H3,(H,19,20). The van der Waals surface area contributed by atoms with Crippen LogP contribution in [0.4, 0.5) is 4.79 Å². The molecule has 0 aliphatic heterocycles. The zero-order valence-corrected chi connectivity index (χ0v) is 14.1. The van der Waals surface area contributed by atoms with Crippen molar-refractivity contribution >= 4 is 27.6 Å². The number of carbonyl (C=O) groups is 1. The Morgan fingerprint density at radius 2 is 2.14 bits per heavy atom. The van der Waals surface area contributed by atoms with Crippen molar-refractivity contribution < 1.29 is 9.53 Å². The molecule has 21 heavy (non-hydrogen) atoms. The number of aromatic nitrogens is 2. The second-order valence-electron chi connectivity index (χ2n) is 6.07. The summed E-state index contributed by atoms with van der Waals surface area (Å²) < 4.78 is 6.00. The molecular weight excluding hydrogens is 334 g/mol. The number of hydrogen-bond donors (Lipinski definition) is 1. The number of amides is 1. The summed E-state index contributed by atoms with van der Waals surface area (Å²) in [4.78, 5) is 20.3. The van der Waals surface area contributed by atoms with Crippen molar-refractivity contribution in [2.75, 3.05) is 0 Å². The fourth-order valence-corrected chi connectivity index (χ4v) is 2.35. The number of halogens is 1. The van der Waals surface area contributed by atoms with Crippen molar-refractivity contribution in [3.8, 4) is 0 Å². The van der Waals surface area contributed by atoms with Gasteiger partial charge in [-0.25, -0.2) is 9.78 Å². The van der Waals surface area contributed by atoms with E-state index in [4.69, 9.17) is 4.74 Å². The van der Waals surface area contributed by atoms with Gasteiger partial charge in [-0.2, -0.15) is 0 Å². The van der Waals surface area contributed by atoms with Crippen LogP contribution in [0.15, 0.2) is 23.1 Å². The van der Waals surface area contributed by atoms with E-state index >= 15 is 0 Å². The number of nitrogens with one attached hydrogen (secondary N) is 1. The van der Waals surface area contributed by atoms with E-state index in [9.17, 15) is 4.79 Å².